The lowest BCUT2D eigenvalue weighted by molar-refractivity contribution is -0.211. The number of nitrogens with zero attached hydrogens (tertiary/aromatic N) is 3. The van der Waals surface area contributed by atoms with E-state index in [2.05, 4.69) is 15.5 Å². The van der Waals surface area contributed by atoms with Crippen LogP contribution in [0.25, 0.3) is 0 Å². The Morgan fingerprint density at radius 3 is 2.19 bits per heavy atom. The Hall–Kier alpha value is -3.85. The van der Waals surface area contributed by atoms with Crippen LogP contribution in [0, 0.1) is 0 Å². The number of hydrogen-bond donors (Lipinski definition) is 1. The second kappa shape index (κ2) is 14.9. The summed E-state index contributed by atoms with van der Waals surface area (Å²) in [6.45, 7) is 4.62. The summed E-state index contributed by atoms with van der Waals surface area (Å²) in [5, 5.41) is 11.8. The molecular weight excluding hydrogens is 572 g/mol. The molecule has 0 aliphatic carbocycles. The second-order valence-electron chi connectivity index (χ2n) is 9.48. The first-order valence-electron chi connectivity index (χ1n) is 13.1. The molecule has 0 radical (unpaired) electrons. The zero-order valence-corrected chi connectivity index (χ0v) is 25.4. The van der Waals surface area contributed by atoms with Gasteiger partial charge in [-0.15, -0.1) is 10.2 Å². The maximum Gasteiger partial charge on any atom is 0.303 e. The molecule has 230 valence electrons. The highest BCUT2D eigenvalue weighted by atomic mass is 32.2. The smallest absolute Gasteiger partial charge is 0.303 e. The van der Waals surface area contributed by atoms with Gasteiger partial charge in [-0.3, -0.25) is 19.2 Å². The van der Waals surface area contributed by atoms with Crippen LogP contribution in [0.2, 0.25) is 0 Å². The van der Waals surface area contributed by atoms with E-state index in [-0.39, 0.29) is 6.61 Å². The van der Waals surface area contributed by atoms with Crippen molar-refractivity contribution in [2.45, 2.75) is 75.5 Å². The van der Waals surface area contributed by atoms with Crippen LogP contribution in [-0.4, -0.2) is 89.2 Å². The van der Waals surface area contributed by atoms with E-state index in [4.69, 9.17) is 28.4 Å². The van der Waals surface area contributed by atoms with Crippen LogP contribution in [0.3, 0.4) is 0 Å². The van der Waals surface area contributed by atoms with Crippen LogP contribution in [0.15, 0.2) is 23.4 Å². The Balaban J connectivity index is 1.87. The van der Waals surface area contributed by atoms with Gasteiger partial charge in [-0.05, 0) is 24.1 Å². The van der Waals surface area contributed by atoms with Crippen molar-refractivity contribution in [2.75, 3.05) is 20.8 Å². The fourth-order valence-electron chi connectivity index (χ4n) is 4.45. The Morgan fingerprint density at radius 1 is 0.929 bits per heavy atom. The first-order chi connectivity index (χ1) is 19.9. The van der Waals surface area contributed by atoms with Gasteiger partial charge in [-0.1, -0.05) is 17.8 Å². The van der Waals surface area contributed by atoms with Crippen LogP contribution < -0.4 is 14.8 Å². The zero-order chi connectivity index (χ0) is 31.0. The van der Waals surface area contributed by atoms with Crippen LogP contribution in [0.5, 0.6) is 11.5 Å². The summed E-state index contributed by atoms with van der Waals surface area (Å²) in [7, 11) is 4.95. The highest BCUT2D eigenvalue weighted by molar-refractivity contribution is 7.99. The number of aromatic nitrogens is 3. The number of nitrogens with one attached hydrogen (secondary N) is 1. The van der Waals surface area contributed by atoms with Crippen LogP contribution in [-0.2, 0) is 58.0 Å². The summed E-state index contributed by atoms with van der Waals surface area (Å²) in [6.07, 6.45) is -2.13. The number of hydrogen-bond acceptors (Lipinski definition) is 13. The van der Waals surface area contributed by atoms with E-state index in [1.165, 1.54) is 27.7 Å². The first kappa shape index (κ1) is 32.7. The Kier molecular flexibility index (Phi) is 11.6. The molecule has 5 atom stereocenters. The van der Waals surface area contributed by atoms with Crippen molar-refractivity contribution in [3.8, 4) is 11.5 Å². The summed E-state index contributed by atoms with van der Waals surface area (Å²) in [6, 6.07) is 4.72. The lowest BCUT2D eigenvalue weighted by atomic mass is 9.97. The highest BCUT2D eigenvalue weighted by Crippen LogP contribution is 2.36. The number of methoxy groups -OCH3 is 2. The van der Waals surface area contributed by atoms with Gasteiger partial charge in [0.25, 0.3) is 0 Å². The SMILES string of the molecule is COc1ccc(CCc2nnc(S[C@@H]3O[C@H](COC(C)=O)[C@H](OC(C)=O)[C@H](OC(C)=O)[C@@H]3NC(C)=O)n2C)cc1OC. The lowest BCUT2D eigenvalue weighted by Gasteiger charge is -2.44. The van der Waals surface area contributed by atoms with Crippen molar-refractivity contribution in [3.63, 3.8) is 0 Å². The van der Waals surface area contributed by atoms with Gasteiger partial charge in [0.2, 0.25) is 5.91 Å². The van der Waals surface area contributed by atoms with Gasteiger partial charge in [0, 0.05) is 41.2 Å². The van der Waals surface area contributed by atoms with Gasteiger partial charge >= 0.3 is 17.9 Å². The number of ether oxygens (including phenoxy) is 6. The van der Waals surface area contributed by atoms with Crippen LogP contribution in [0.4, 0.5) is 0 Å². The summed E-state index contributed by atoms with van der Waals surface area (Å²) < 4.78 is 34.9. The van der Waals surface area contributed by atoms with E-state index in [9.17, 15) is 19.2 Å². The number of aryl methyl sites for hydroxylation is 2. The molecule has 1 aromatic carbocycles. The predicted molar refractivity (Wildman–Crippen MR) is 148 cm³/mol. The monoisotopic (exact) mass is 608 g/mol. The highest BCUT2D eigenvalue weighted by Gasteiger charge is 2.51. The molecule has 2 aromatic rings. The number of amides is 1. The standard InChI is InChI=1S/C27H36N4O10S/c1-14(32)28-23-25(40-17(4)35)24(39-16(3)34)21(13-38-15(2)33)41-26(23)42-27-30-29-22(31(27)5)11-9-18-8-10-19(36-6)20(12-18)37-7/h8,10,12,21,23-26H,9,11,13H2,1-7H3,(H,28,32)/t21-,23+,24+,25-,26+/m1/s1. The normalized spacial score (nSPS) is 21.6. The minimum Gasteiger partial charge on any atom is -0.493 e. The fourth-order valence-corrected chi connectivity index (χ4v) is 5.58. The van der Waals surface area contributed by atoms with Gasteiger partial charge in [0.05, 0.1) is 14.2 Å². The summed E-state index contributed by atoms with van der Waals surface area (Å²) in [5.41, 5.74) is 0.118. The molecular formula is C27H36N4O10S. The average molecular weight is 609 g/mol. The third kappa shape index (κ3) is 8.58. The zero-order valence-electron chi connectivity index (χ0n) is 24.6. The van der Waals surface area contributed by atoms with Gasteiger partial charge in [-0.2, -0.15) is 0 Å². The Labute approximate surface area is 247 Å². The summed E-state index contributed by atoms with van der Waals surface area (Å²) in [5.74, 6) is -0.404. The maximum absolute atomic E-state index is 12.2. The van der Waals surface area contributed by atoms with Crippen LogP contribution >= 0.6 is 11.8 Å². The molecule has 1 fully saturated rings. The number of carbonyl (C=O) groups is 4. The molecule has 1 aromatic heterocycles. The van der Waals surface area contributed by atoms with Crippen LogP contribution in [0.1, 0.15) is 39.1 Å². The van der Waals surface area contributed by atoms with Crippen molar-refractivity contribution in [3.05, 3.63) is 29.6 Å². The van der Waals surface area contributed by atoms with E-state index in [1.807, 2.05) is 18.2 Å². The molecule has 1 saturated heterocycles. The molecule has 1 aliphatic heterocycles. The molecule has 0 unspecified atom stereocenters. The molecule has 0 spiro atoms. The van der Waals surface area contributed by atoms with E-state index >= 15 is 0 Å². The van der Waals surface area contributed by atoms with Gasteiger partial charge in [0.15, 0.2) is 28.9 Å². The Bertz CT molecular complexity index is 1290. The van der Waals surface area contributed by atoms with Gasteiger partial charge < -0.3 is 38.3 Å². The molecule has 1 amide bonds. The predicted octanol–water partition coefficient (Wildman–Crippen LogP) is 1.37. The molecule has 0 bridgehead atoms. The third-order valence-electron chi connectivity index (χ3n) is 6.30. The molecule has 0 saturated carbocycles. The van der Waals surface area contributed by atoms with Crippen molar-refractivity contribution in [2.24, 2.45) is 7.05 Å². The summed E-state index contributed by atoms with van der Waals surface area (Å²) >= 11 is 1.13. The number of carbonyl (C=O) groups excluding carboxylic acids is 4. The first-order valence-corrected chi connectivity index (χ1v) is 14.0. The molecule has 1 aliphatic rings. The third-order valence-corrected chi connectivity index (χ3v) is 7.51. The van der Waals surface area contributed by atoms with E-state index in [0.29, 0.717) is 35.3 Å². The van der Waals surface area contributed by atoms with E-state index in [0.717, 1.165) is 17.3 Å². The molecule has 15 heteroatoms. The van der Waals surface area contributed by atoms with E-state index < -0.39 is 53.6 Å². The number of thioether (sulfide) groups is 1. The maximum atomic E-state index is 12.2. The minimum absolute atomic E-state index is 0.287. The molecule has 2 heterocycles. The molecule has 42 heavy (non-hydrogen) atoms. The number of benzene rings is 1. The topological polar surface area (TPSA) is 166 Å². The average Bonchev–Trinajstić information content (AvgIpc) is 3.27. The molecule has 1 N–H and O–H groups in total. The van der Waals surface area contributed by atoms with Crippen molar-refractivity contribution >= 4 is 35.6 Å². The lowest BCUT2D eigenvalue weighted by Crippen LogP contribution is -2.65. The quantitative estimate of drug-likeness (QED) is 0.271. The Morgan fingerprint density at radius 2 is 1.60 bits per heavy atom. The largest absolute Gasteiger partial charge is 0.493 e. The number of rotatable bonds is 12. The molecule has 14 nitrogen and oxygen atoms in total. The van der Waals surface area contributed by atoms with Crippen molar-refractivity contribution in [1.82, 2.24) is 20.1 Å². The van der Waals surface area contributed by atoms with Crippen molar-refractivity contribution < 1.29 is 47.6 Å². The van der Waals surface area contributed by atoms with Gasteiger partial charge in [-0.25, -0.2) is 0 Å². The van der Waals surface area contributed by atoms with E-state index in [1.54, 1.807) is 25.8 Å². The van der Waals surface area contributed by atoms with Gasteiger partial charge in [0.1, 0.15) is 30.0 Å². The second-order valence-corrected chi connectivity index (χ2v) is 10.6. The number of esters is 3. The fraction of sp³-hybridized carbons (Fsp3) is 0.556. The minimum atomic E-state index is -1.17. The van der Waals surface area contributed by atoms with Crippen molar-refractivity contribution in [1.29, 1.82) is 0 Å². The summed E-state index contributed by atoms with van der Waals surface area (Å²) in [4.78, 5) is 47.8. The molecule has 3 rings (SSSR count).